The molecule has 92 valence electrons. The van der Waals surface area contributed by atoms with Gasteiger partial charge in [-0.2, -0.15) is 0 Å². The van der Waals surface area contributed by atoms with E-state index >= 15 is 0 Å². The van der Waals surface area contributed by atoms with Crippen molar-refractivity contribution in [2.24, 2.45) is 0 Å². The van der Waals surface area contributed by atoms with Gasteiger partial charge < -0.3 is 10.2 Å². The quantitative estimate of drug-likeness (QED) is 0.705. The summed E-state index contributed by atoms with van der Waals surface area (Å²) in [5, 5.41) is 3.10. The number of amides is 1. The third-order valence-corrected chi connectivity index (χ3v) is 4.92. The summed E-state index contributed by atoms with van der Waals surface area (Å²) >= 11 is 0. The second kappa shape index (κ2) is 4.71. The summed E-state index contributed by atoms with van der Waals surface area (Å²) in [7, 11) is -2.93. The lowest BCUT2D eigenvalue weighted by atomic mass is 10.2. The summed E-state index contributed by atoms with van der Waals surface area (Å²) in [6.07, 6.45) is 2.46. The molecule has 5 nitrogen and oxygen atoms in total. The maximum atomic E-state index is 11.8. The van der Waals surface area contributed by atoms with Crippen LogP contribution >= 0.6 is 0 Å². The lowest BCUT2D eigenvalue weighted by Gasteiger charge is -2.25. The zero-order valence-electron chi connectivity index (χ0n) is 9.31. The number of likely N-dealkylation sites (tertiary alicyclic amines) is 1. The Morgan fingerprint density at radius 2 is 2.00 bits per heavy atom. The van der Waals surface area contributed by atoms with Crippen LogP contribution in [0.2, 0.25) is 0 Å². The molecule has 2 aliphatic heterocycles. The first-order chi connectivity index (χ1) is 7.57. The van der Waals surface area contributed by atoms with Crippen molar-refractivity contribution < 1.29 is 13.2 Å². The molecule has 2 rings (SSSR count). The van der Waals surface area contributed by atoms with E-state index < -0.39 is 9.84 Å². The number of carbonyl (C=O) groups excluding carboxylic acids is 1. The molecule has 2 aliphatic rings. The Balaban J connectivity index is 1.86. The van der Waals surface area contributed by atoms with E-state index in [1.807, 2.05) is 4.90 Å². The summed E-state index contributed by atoms with van der Waals surface area (Å²) in [5.74, 6) is 0.389. The smallest absolute Gasteiger partial charge is 0.224 e. The van der Waals surface area contributed by atoms with Gasteiger partial charge in [0.05, 0.1) is 11.5 Å². The van der Waals surface area contributed by atoms with Gasteiger partial charge in [-0.15, -0.1) is 0 Å². The van der Waals surface area contributed by atoms with Crippen LogP contribution in [0, 0.1) is 0 Å². The van der Waals surface area contributed by atoms with Crippen molar-refractivity contribution in [3.63, 3.8) is 0 Å². The Kier molecular flexibility index (Phi) is 3.49. The fourth-order valence-corrected chi connectivity index (χ4v) is 3.75. The average molecular weight is 246 g/mol. The fraction of sp³-hybridized carbons (Fsp3) is 0.900. The molecule has 1 amide bonds. The summed E-state index contributed by atoms with van der Waals surface area (Å²) in [4.78, 5) is 13.7. The van der Waals surface area contributed by atoms with E-state index in [1.54, 1.807) is 0 Å². The highest BCUT2D eigenvalue weighted by atomic mass is 32.2. The molecule has 0 aliphatic carbocycles. The Bertz CT molecular complexity index is 360. The Labute approximate surface area is 96.1 Å². The number of hydrogen-bond acceptors (Lipinski definition) is 4. The van der Waals surface area contributed by atoms with Crippen LogP contribution in [-0.2, 0) is 14.6 Å². The van der Waals surface area contributed by atoms with Crippen molar-refractivity contribution in [3.05, 3.63) is 0 Å². The molecule has 0 aromatic carbocycles. The highest BCUT2D eigenvalue weighted by Crippen LogP contribution is 2.12. The molecular formula is C10H18N2O3S. The summed E-state index contributed by atoms with van der Waals surface area (Å²) in [5.41, 5.74) is 0. The lowest BCUT2D eigenvalue weighted by molar-refractivity contribution is -0.130. The molecule has 2 heterocycles. The monoisotopic (exact) mass is 246 g/mol. The van der Waals surface area contributed by atoms with E-state index in [0.29, 0.717) is 13.0 Å². The van der Waals surface area contributed by atoms with Crippen molar-refractivity contribution in [2.45, 2.75) is 25.3 Å². The van der Waals surface area contributed by atoms with Crippen molar-refractivity contribution in [1.29, 1.82) is 0 Å². The molecule has 1 unspecified atom stereocenters. The molecule has 0 spiro atoms. The molecular weight excluding hydrogens is 228 g/mol. The Morgan fingerprint density at radius 1 is 1.31 bits per heavy atom. The average Bonchev–Trinajstić information content (AvgIpc) is 2.68. The maximum Gasteiger partial charge on any atom is 0.224 e. The SMILES string of the molecule is O=C(CC1CS(=O)(=O)CCN1)N1CCCC1. The summed E-state index contributed by atoms with van der Waals surface area (Å²) < 4.78 is 22.8. The van der Waals surface area contributed by atoms with Crippen molar-refractivity contribution in [2.75, 3.05) is 31.1 Å². The van der Waals surface area contributed by atoms with Gasteiger partial charge in [0.15, 0.2) is 9.84 Å². The van der Waals surface area contributed by atoms with Gasteiger partial charge in [0.1, 0.15) is 0 Å². The number of carbonyl (C=O) groups is 1. The van der Waals surface area contributed by atoms with Crippen LogP contribution in [-0.4, -0.2) is 56.4 Å². The minimum Gasteiger partial charge on any atom is -0.343 e. The zero-order valence-corrected chi connectivity index (χ0v) is 10.1. The van der Waals surface area contributed by atoms with Crippen LogP contribution in [0.15, 0.2) is 0 Å². The van der Waals surface area contributed by atoms with E-state index in [9.17, 15) is 13.2 Å². The molecule has 0 saturated carbocycles. The molecule has 0 aromatic heterocycles. The zero-order chi connectivity index (χ0) is 11.6. The van der Waals surface area contributed by atoms with Crippen LogP contribution in [0.3, 0.4) is 0 Å². The van der Waals surface area contributed by atoms with E-state index in [0.717, 1.165) is 25.9 Å². The highest BCUT2D eigenvalue weighted by Gasteiger charge is 2.28. The van der Waals surface area contributed by atoms with Crippen LogP contribution in [0.1, 0.15) is 19.3 Å². The van der Waals surface area contributed by atoms with Gasteiger partial charge in [0.25, 0.3) is 0 Å². The number of nitrogens with one attached hydrogen (secondary N) is 1. The summed E-state index contributed by atoms with van der Waals surface area (Å²) in [6.45, 7) is 2.14. The van der Waals surface area contributed by atoms with Gasteiger partial charge in [0, 0.05) is 32.1 Å². The molecule has 0 aromatic rings. The van der Waals surface area contributed by atoms with Crippen LogP contribution in [0.25, 0.3) is 0 Å². The highest BCUT2D eigenvalue weighted by molar-refractivity contribution is 7.91. The van der Waals surface area contributed by atoms with Crippen molar-refractivity contribution in [3.8, 4) is 0 Å². The molecule has 0 bridgehead atoms. The van der Waals surface area contributed by atoms with Crippen molar-refractivity contribution in [1.82, 2.24) is 10.2 Å². The van der Waals surface area contributed by atoms with Gasteiger partial charge in [0.2, 0.25) is 5.91 Å². The predicted molar refractivity (Wildman–Crippen MR) is 60.9 cm³/mol. The van der Waals surface area contributed by atoms with Gasteiger partial charge in [-0.1, -0.05) is 0 Å². The van der Waals surface area contributed by atoms with E-state index in [2.05, 4.69) is 5.32 Å². The first-order valence-corrected chi connectivity index (χ1v) is 7.60. The van der Waals surface area contributed by atoms with Crippen LogP contribution in [0.4, 0.5) is 0 Å². The number of rotatable bonds is 2. The van der Waals surface area contributed by atoms with Gasteiger partial charge in [-0.25, -0.2) is 8.42 Å². The number of hydrogen-bond donors (Lipinski definition) is 1. The normalized spacial score (nSPS) is 29.2. The molecule has 2 saturated heterocycles. The topological polar surface area (TPSA) is 66.5 Å². The predicted octanol–water partition coefficient (Wildman–Crippen LogP) is -0.614. The molecule has 2 fully saturated rings. The fourth-order valence-electron chi connectivity index (χ4n) is 2.30. The molecule has 1 N–H and O–H groups in total. The van der Waals surface area contributed by atoms with Crippen molar-refractivity contribution >= 4 is 15.7 Å². The largest absolute Gasteiger partial charge is 0.343 e. The second-order valence-corrected chi connectivity index (χ2v) is 6.79. The van der Waals surface area contributed by atoms with Crippen LogP contribution in [0.5, 0.6) is 0 Å². The first kappa shape index (κ1) is 11.9. The van der Waals surface area contributed by atoms with Crippen LogP contribution < -0.4 is 5.32 Å². The minimum atomic E-state index is -2.93. The maximum absolute atomic E-state index is 11.8. The van der Waals surface area contributed by atoms with E-state index in [-0.39, 0.29) is 23.5 Å². The molecule has 0 radical (unpaired) electrons. The van der Waals surface area contributed by atoms with Gasteiger partial charge in [-0.3, -0.25) is 4.79 Å². The van der Waals surface area contributed by atoms with E-state index in [4.69, 9.17) is 0 Å². The number of nitrogens with zero attached hydrogens (tertiary/aromatic N) is 1. The molecule has 16 heavy (non-hydrogen) atoms. The standard InChI is InChI=1S/C10H18N2O3S/c13-10(12-4-1-2-5-12)7-9-8-16(14,15)6-3-11-9/h9,11H,1-8H2. The van der Waals surface area contributed by atoms with E-state index in [1.165, 1.54) is 0 Å². The summed E-state index contributed by atoms with van der Waals surface area (Å²) in [6, 6.07) is -0.188. The number of sulfone groups is 1. The second-order valence-electron chi connectivity index (χ2n) is 4.56. The molecule has 6 heteroatoms. The third-order valence-electron chi connectivity index (χ3n) is 3.18. The Morgan fingerprint density at radius 3 is 2.62 bits per heavy atom. The first-order valence-electron chi connectivity index (χ1n) is 5.78. The molecule has 1 atom stereocenters. The van der Waals surface area contributed by atoms with Gasteiger partial charge in [-0.05, 0) is 12.8 Å². The van der Waals surface area contributed by atoms with Gasteiger partial charge >= 0.3 is 0 Å². The lowest BCUT2D eigenvalue weighted by Crippen LogP contribution is -2.47. The Hall–Kier alpha value is -0.620. The minimum absolute atomic E-state index is 0.0899. The third kappa shape index (κ3) is 2.95.